The number of aliphatic hydroxyl groups is 2. The third-order valence-electron chi connectivity index (χ3n) is 8.10. The van der Waals surface area contributed by atoms with Gasteiger partial charge >= 0.3 is 18.4 Å². The number of carbonyl (C=O) groups is 2. The molecule has 0 radical (unpaired) electrons. The van der Waals surface area contributed by atoms with E-state index >= 15 is 0 Å². The van der Waals surface area contributed by atoms with Crippen LogP contribution in [0.1, 0.15) is 46.6 Å². The number of hydrogen-bond acceptors (Lipinski definition) is 7. The molecule has 15 heteroatoms. The number of urea groups is 1. The van der Waals surface area contributed by atoms with Gasteiger partial charge in [-0.2, -0.15) is 26.3 Å². The zero-order valence-corrected chi connectivity index (χ0v) is 26.2. The smallest absolute Gasteiger partial charge is 0.430 e. The Labute approximate surface area is 263 Å². The summed E-state index contributed by atoms with van der Waals surface area (Å²) in [7, 11) is 0. The molecule has 2 aliphatic heterocycles. The Morgan fingerprint density at radius 1 is 1.13 bits per heavy atom. The summed E-state index contributed by atoms with van der Waals surface area (Å²) in [5, 5.41) is 23.5. The van der Waals surface area contributed by atoms with Crippen LogP contribution in [0.25, 0.3) is 0 Å². The number of amides is 3. The number of nitrogens with zero attached hydrogens (tertiary/aromatic N) is 3. The van der Waals surface area contributed by atoms with Gasteiger partial charge in [0.1, 0.15) is 17.5 Å². The topological polar surface area (TPSA) is 106 Å². The lowest BCUT2D eigenvalue weighted by Gasteiger charge is -2.42. The van der Waals surface area contributed by atoms with Crippen molar-refractivity contribution in [2.45, 2.75) is 82.9 Å². The number of ether oxygens (including phenoxy) is 1. The summed E-state index contributed by atoms with van der Waals surface area (Å²) >= 11 is 0. The molecule has 3 N–H and O–H groups in total. The molecule has 2 aliphatic rings. The summed E-state index contributed by atoms with van der Waals surface area (Å²) in [6.45, 7) is 11.9. The Balaban J connectivity index is 1.72. The van der Waals surface area contributed by atoms with E-state index in [1.807, 2.05) is 13.8 Å². The van der Waals surface area contributed by atoms with Gasteiger partial charge in [0.15, 0.2) is 0 Å². The predicted molar refractivity (Wildman–Crippen MR) is 157 cm³/mol. The van der Waals surface area contributed by atoms with Crippen molar-refractivity contribution in [2.75, 3.05) is 26.2 Å². The van der Waals surface area contributed by atoms with Gasteiger partial charge in [-0.05, 0) is 57.4 Å². The number of halogens is 6. The number of alkyl halides is 6. The Morgan fingerprint density at radius 3 is 2.20 bits per heavy atom. The molecular formula is C31H40F6N4O5. The van der Waals surface area contributed by atoms with Gasteiger partial charge in [-0.3, -0.25) is 14.6 Å². The van der Waals surface area contributed by atoms with Crippen molar-refractivity contribution >= 4 is 11.9 Å². The van der Waals surface area contributed by atoms with E-state index in [0.717, 1.165) is 4.90 Å². The first-order valence-corrected chi connectivity index (χ1v) is 14.7. The van der Waals surface area contributed by atoms with E-state index < -0.39 is 47.2 Å². The fourth-order valence-corrected chi connectivity index (χ4v) is 5.38. The minimum atomic E-state index is -6.04. The number of β-amino-alcohol motifs (C(OH)–C–C–N with tert-alkyl or cyclic N) is 1. The van der Waals surface area contributed by atoms with Crippen molar-refractivity contribution in [3.8, 4) is 5.75 Å². The van der Waals surface area contributed by atoms with Crippen LogP contribution in [0.5, 0.6) is 5.75 Å². The molecule has 46 heavy (non-hydrogen) atoms. The summed E-state index contributed by atoms with van der Waals surface area (Å²) < 4.78 is 86.2. The van der Waals surface area contributed by atoms with Gasteiger partial charge in [0.05, 0.1) is 12.6 Å². The highest BCUT2D eigenvalue weighted by Crippen LogP contribution is 2.48. The predicted octanol–water partition coefficient (Wildman–Crippen LogP) is 4.83. The average molecular weight is 663 g/mol. The van der Waals surface area contributed by atoms with Gasteiger partial charge in [0, 0.05) is 37.4 Å². The minimum absolute atomic E-state index is 0.0388. The Bertz CT molecular complexity index is 1330. The fourth-order valence-electron chi connectivity index (χ4n) is 5.38. The summed E-state index contributed by atoms with van der Waals surface area (Å²) in [5.74, 6) is 0.0422. The van der Waals surface area contributed by atoms with Crippen LogP contribution >= 0.6 is 0 Å². The molecule has 3 atom stereocenters. The molecular weight excluding hydrogens is 622 g/mol. The van der Waals surface area contributed by atoms with Crippen molar-refractivity contribution in [1.29, 1.82) is 0 Å². The molecule has 0 aromatic heterocycles. The van der Waals surface area contributed by atoms with Crippen LogP contribution in [0.2, 0.25) is 0 Å². The maximum Gasteiger partial charge on any atom is 0.430 e. The normalized spacial score (nSPS) is 23.2. The standard InChI is InChI=1S/C31H40F6N4O5/c1-7-21(15-22(8-2)29(45,30(32,33)34)31(35,36)37)17-39-13-14-40(16-20(39)5)25(42)18-41-26(43)28(6,38-27(41)44)23-9-11-24(12-10-23)46-19(3)4/h8-12,15,17,19-20,25,42,45H,2,7,13-14,16,18H2,1,3-6H3,(H,38,44)/b21-17+,22-15+/t20-,25?,28?/m1/s1. The number of benzene rings is 1. The largest absolute Gasteiger partial charge is 0.491 e. The van der Waals surface area contributed by atoms with Gasteiger partial charge in [-0.25, -0.2) is 4.79 Å². The van der Waals surface area contributed by atoms with Crippen molar-refractivity contribution in [2.24, 2.45) is 0 Å². The first-order valence-electron chi connectivity index (χ1n) is 14.7. The van der Waals surface area contributed by atoms with Crippen LogP contribution in [0, 0.1) is 0 Å². The van der Waals surface area contributed by atoms with Crippen molar-refractivity contribution in [1.82, 2.24) is 20.0 Å². The van der Waals surface area contributed by atoms with Gasteiger partial charge in [-0.1, -0.05) is 37.8 Å². The van der Waals surface area contributed by atoms with E-state index in [1.54, 1.807) is 47.9 Å². The van der Waals surface area contributed by atoms with Crippen LogP contribution in [-0.2, 0) is 10.3 Å². The van der Waals surface area contributed by atoms with Crippen LogP contribution in [0.15, 0.2) is 60.3 Å². The molecule has 256 valence electrons. The molecule has 3 amide bonds. The van der Waals surface area contributed by atoms with E-state index in [1.165, 1.54) is 13.1 Å². The summed E-state index contributed by atoms with van der Waals surface area (Å²) in [4.78, 5) is 30.5. The lowest BCUT2D eigenvalue weighted by molar-refractivity contribution is -0.350. The molecule has 2 unspecified atom stereocenters. The summed E-state index contributed by atoms with van der Waals surface area (Å²) in [5.41, 5.74) is -7.33. The highest BCUT2D eigenvalue weighted by molar-refractivity contribution is 6.07. The molecule has 9 nitrogen and oxygen atoms in total. The quantitative estimate of drug-likeness (QED) is 0.177. The number of imide groups is 1. The van der Waals surface area contributed by atoms with E-state index in [4.69, 9.17) is 4.74 Å². The Hall–Kier alpha value is -3.56. The van der Waals surface area contributed by atoms with Crippen LogP contribution in [0.3, 0.4) is 0 Å². The van der Waals surface area contributed by atoms with Crippen LogP contribution < -0.4 is 10.1 Å². The zero-order chi connectivity index (χ0) is 34.8. The third-order valence-corrected chi connectivity index (χ3v) is 8.10. The number of hydrogen-bond donors (Lipinski definition) is 3. The number of nitrogens with one attached hydrogen (secondary N) is 1. The van der Waals surface area contributed by atoms with E-state index in [-0.39, 0.29) is 50.3 Å². The molecule has 3 rings (SSSR count). The second-order valence-electron chi connectivity index (χ2n) is 11.8. The first kappa shape index (κ1) is 36.9. The van der Waals surface area contributed by atoms with Gasteiger partial charge in [0.25, 0.3) is 11.5 Å². The van der Waals surface area contributed by atoms with Crippen molar-refractivity contribution < 1.29 is 50.9 Å². The molecule has 0 aliphatic carbocycles. The Kier molecular flexibility index (Phi) is 11.0. The molecule has 0 spiro atoms. The number of piperazine rings is 1. The number of aliphatic hydroxyl groups excluding tert-OH is 1. The zero-order valence-electron chi connectivity index (χ0n) is 26.2. The van der Waals surface area contributed by atoms with E-state index in [9.17, 15) is 46.1 Å². The van der Waals surface area contributed by atoms with Crippen LogP contribution in [0.4, 0.5) is 31.1 Å². The highest BCUT2D eigenvalue weighted by atomic mass is 19.4. The first-order chi connectivity index (χ1) is 21.2. The lowest BCUT2D eigenvalue weighted by atomic mass is 9.90. The fraction of sp³-hybridized carbons (Fsp3) is 0.548. The monoisotopic (exact) mass is 662 g/mol. The maximum absolute atomic E-state index is 13.4. The molecule has 2 heterocycles. The number of carbonyl (C=O) groups excluding carboxylic acids is 2. The van der Waals surface area contributed by atoms with Gasteiger partial charge in [-0.15, -0.1) is 0 Å². The van der Waals surface area contributed by atoms with Gasteiger partial charge in [0.2, 0.25) is 0 Å². The van der Waals surface area contributed by atoms with Gasteiger partial charge < -0.3 is 25.2 Å². The number of allylic oxidation sites excluding steroid dienone is 2. The minimum Gasteiger partial charge on any atom is -0.491 e. The summed E-state index contributed by atoms with van der Waals surface area (Å²) in [6, 6.07) is 5.67. The SMILES string of the molecule is C=C/C(=C\C(=C\N1CCN(C(O)CN2C(=O)NC(C)(c3ccc(OC(C)C)cc3)C2=O)C[C@H]1C)CC)C(O)(C(F)(F)F)C(F)(F)F. The molecule has 2 fully saturated rings. The Morgan fingerprint density at radius 2 is 1.72 bits per heavy atom. The number of rotatable bonds is 11. The van der Waals surface area contributed by atoms with Crippen molar-refractivity contribution in [3.63, 3.8) is 0 Å². The molecule has 1 aromatic rings. The van der Waals surface area contributed by atoms with Crippen LogP contribution in [-0.4, -0.2) is 99.4 Å². The second kappa shape index (κ2) is 13.7. The average Bonchev–Trinajstić information content (AvgIpc) is 3.17. The van der Waals surface area contributed by atoms with E-state index in [0.29, 0.717) is 23.5 Å². The molecule has 1 aromatic carbocycles. The summed E-state index contributed by atoms with van der Waals surface area (Å²) in [6.07, 6.45) is -11.0. The maximum atomic E-state index is 13.4. The second-order valence-corrected chi connectivity index (χ2v) is 11.8. The van der Waals surface area contributed by atoms with E-state index in [2.05, 4.69) is 11.9 Å². The molecule has 0 bridgehead atoms. The lowest BCUT2D eigenvalue weighted by Crippen LogP contribution is -2.57. The third kappa shape index (κ3) is 7.36. The molecule has 0 saturated carbocycles. The molecule has 2 saturated heterocycles. The highest BCUT2D eigenvalue weighted by Gasteiger charge is 2.71. The van der Waals surface area contributed by atoms with Crippen molar-refractivity contribution in [3.05, 3.63) is 65.9 Å².